The topological polar surface area (TPSA) is 86.7 Å². The zero-order chi connectivity index (χ0) is 22.4. The molecule has 2 aromatic carbocycles. The number of unbranched alkanes of at least 4 members (excludes halogenated alkanes) is 2. The lowest BCUT2D eigenvalue weighted by Gasteiger charge is -2.24. The highest BCUT2D eigenvalue weighted by molar-refractivity contribution is 7.87. The Hall–Kier alpha value is -1.74. The average Bonchev–Trinajstić information content (AvgIpc) is 2.67. The molecule has 0 aliphatic carbocycles. The summed E-state index contributed by atoms with van der Waals surface area (Å²) in [6.07, 6.45) is 0.972. The van der Waals surface area contributed by atoms with Crippen LogP contribution in [0.2, 0.25) is 0 Å². The molecule has 0 amide bonds. The highest BCUT2D eigenvalue weighted by Crippen LogP contribution is 2.24. The molecule has 30 heavy (non-hydrogen) atoms. The summed E-state index contributed by atoms with van der Waals surface area (Å²) in [5, 5.41) is 0. The average molecular weight is 455 g/mol. The molecule has 0 aliphatic heterocycles. The summed E-state index contributed by atoms with van der Waals surface area (Å²) in [7, 11) is -8.11. The molecule has 0 aliphatic rings. The van der Waals surface area contributed by atoms with Crippen LogP contribution < -0.4 is 0 Å². The lowest BCUT2D eigenvalue weighted by Crippen LogP contribution is -2.33. The van der Waals surface area contributed by atoms with Gasteiger partial charge in [0.15, 0.2) is 0 Å². The van der Waals surface area contributed by atoms with E-state index in [2.05, 4.69) is 0 Å². The first kappa shape index (κ1) is 24.5. The van der Waals surface area contributed by atoms with Crippen molar-refractivity contribution in [2.24, 2.45) is 0 Å². The molecule has 0 heterocycles. The van der Waals surface area contributed by atoms with E-state index in [-0.39, 0.29) is 9.79 Å². The third-order valence-electron chi connectivity index (χ3n) is 4.76. The van der Waals surface area contributed by atoms with Crippen molar-refractivity contribution in [1.82, 2.24) is 0 Å². The Morgan fingerprint density at radius 1 is 0.733 bits per heavy atom. The lowest BCUT2D eigenvalue weighted by molar-refractivity contribution is 0.0668. The smallest absolute Gasteiger partial charge is 0.261 e. The van der Waals surface area contributed by atoms with Crippen LogP contribution in [0.3, 0.4) is 0 Å². The maximum absolute atomic E-state index is 12.7. The van der Waals surface area contributed by atoms with Crippen molar-refractivity contribution < 1.29 is 25.2 Å². The minimum atomic E-state index is -4.06. The van der Waals surface area contributed by atoms with Crippen LogP contribution in [0.4, 0.5) is 0 Å². The SMILES string of the molecule is CCCCCC(OS(=O)(=O)c1ccc(C)cc1)C(C)OS(=O)(=O)c1ccc(C)cc1. The summed E-state index contributed by atoms with van der Waals surface area (Å²) < 4.78 is 61.5. The minimum Gasteiger partial charge on any atom is -0.261 e. The first-order valence-corrected chi connectivity index (χ1v) is 12.9. The summed E-state index contributed by atoms with van der Waals surface area (Å²) in [6, 6.07) is 12.6. The van der Waals surface area contributed by atoms with E-state index >= 15 is 0 Å². The quantitative estimate of drug-likeness (QED) is 0.360. The molecule has 0 fully saturated rings. The molecular weight excluding hydrogens is 424 g/mol. The van der Waals surface area contributed by atoms with E-state index in [1.807, 2.05) is 20.8 Å². The maximum atomic E-state index is 12.7. The Morgan fingerprint density at radius 3 is 1.60 bits per heavy atom. The number of rotatable bonds is 11. The van der Waals surface area contributed by atoms with Crippen molar-refractivity contribution in [3.63, 3.8) is 0 Å². The summed E-state index contributed by atoms with van der Waals surface area (Å²) in [5.41, 5.74) is 1.85. The predicted molar refractivity (Wildman–Crippen MR) is 116 cm³/mol. The third kappa shape index (κ3) is 6.91. The fourth-order valence-electron chi connectivity index (χ4n) is 2.90. The van der Waals surface area contributed by atoms with Crippen molar-refractivity contribution in [3.05, 3.63) is 59.7 Å². The van der Waals surface area contributed by atoms with Gasteiger partial charge in [-0.1, -0.05) is 61.6 Å². The molecule has 0 radical (unpaired) electrons. The summed E-state index contributed by atoms with van der Waals surface area (Å²) in [4.78, 5) is 0.0517. The van der Waals surface area contributed by atoms with Crippen LogP contribution in [0.1, 0.15) is 50.7 Å². The molecule has 8 heteroatoms. The maximum Gasteiger partial charge on any atom is 0.297 e. The van der Waals surface area contributed by atoms with Gasteiger partial charge < -0.3 is 0 Å². The Kier molecular flexibility index (Phi) is 8.61. The van der Waals surface area contributed by atoms with Crippen LogP contribution in [0.15, 0.2) is 58.3 Å². The second kappa shape index (κ2) is 10.5. The minimum absolute atomic E-state index is 0.0219. The van der Waals surface area contributed by atoms with Gasteiger partial charge in [0.25, 0.3) is 20.2 Å². The molecule has 0 saturated heterocycles. The Bertz CT molecular complexity index is 1010. The number of aryl methyl sites for hydroxylation is 2. The van der Waals surface area contributed by atoms with Crippen LogP contribution in [0.25, 0.3) is 0 Å². The molecule has 0 N–H and O–H groups in total. The van der Waals surface area contributed by atoms with E-state index in [9.17, 15) is 16.8 Å². The van der Waals surface area contributed by atoms with Crippen molar-refractivity contribution >= 4 is 20.2 Å². The van der Waals surface area contributed by atoms with Crippen LogP contribution in [-0.4, -0.2) is 29.0 Å². The molecule has 2 atom stereocenters. The van der Waals surface area contributed by atoms with Gasteiger partial charge >= 0.3 is 0 Å². The summed E-state index contributed by atoms with van der Waals surface area (Å²) in [6.45, 7) is 7.26. The highest BCUT2D eigenvalue weighted by atomic mass is 32.2. The number of hydrogen-bond donors (Lipinski definition) is 0. The van der Waals surface area contributed by atoms with Gasteiger partial charge in [-0.3, -0.25) is 8.37 Å². The normalized spacial score (nSPS) is 14.4. The van der Waals surface area contributed by atoms with Crippen LogP contribution in [0, 0.1) is 13.8 Å². The molecule has 0 saturated carbocycles. The first-order valence-electron chi connectivity index (χ1n) is 10.0. The standard InChI is InChI=1S/C22H30O6S2/c1-5-6-7-8-22(28-30(25,26)21-15-11-18(3)12-16-21)19(4)27-29(23,24)20-13-9-17(2)10-14-20/h9-16,19,22H,5-8H2,1-4H3. The largest absolute Gasteiger partial charge is 0.297 e. The van der Waals surface area contributed by atoms with Gasteiger partial charge in [0.2, 0.25) is 0 Å². The van der Waals surface area contributed by atoms with E-state index in [1.165, 1.54) is 31.2 Å². The summed E-state index contributed by atoms with van der Waals surface area (Å²) >= 11 is 0. The molecule has 0 bridgehead atoms. The molecule has 6 nitrogen and oxygen atoms in total. The predicted octanol–water partition coefficient (Wildman–Crippen LogP) is 4.75. The van der Waals surface area contributed by atoms with E-state index in [4.69, 9.17) is 8.37 Å². The van der Waals surface area contributed by atoms with Crippen LogP contribution in [0.5, 0.6) is 0 Å². The second-order valence-corrected chi connectivity index (χ2v) is 10.6. The number of benzene rings is 2. The van der Waals surface area contributed by atoms with Crippen molar-refractivity contribution in [2.75, 3.05) is 0 Å². The molecular formula is C22H30O6S2. The molecule has 2 aromatic rings. The fourth-order valence-corrected chi connectivity index (χ4v) is 5.16. The van der Waals surface area contributed by atoms with E-state index in [0.717, 1.165) is 24.0 Å². The lowest BCUT2D eigenvalue weighted by atomic mass is 10.1. The zero-order valence-electron chi connectivity index (χ0n) is 17.9. The van der Waals surface area contributed by atoms with E-state index in [1.54, 1.807) is 24.3 Å². The summed E-state index contributed by atoms with van der Waals surface area (Å²) in [5.74, 6) is 0. The van der Waals surface area contributed by atoms with Gasteiger partial charge in [-0.2, -0.15) is 16.8 Å². The molecule has 2 rings (SSSR count). The fraction of sp³-hybridized carbons (Fsp3) is 0.455. The Morgan fingerprint density at radius 2 is 1.17 bits per heavy atom. The van der Waals surface area contributed by atoms with E-state index in [0.29, 0.717) is 12.8 Å². The highest BCUT2D eigenvalue weighted by Gasteiger charge is 2.30. The molecule has 166 valence electrons. The molecule has 0 aromatic heterocycles. The van der Waals surface area contributed by atoms with Gasteiger partial charge in [0, 0.05) is 0 Å². The van der Waals surface area contributed by atoms with Crippen LogP contribution >= 0.6 is 0 Å². The Balaban J connectivity index is 2.22. The Labute approximate surface area is 180 Å². The van der Waals surface area contributed by atoms with Crippen molar-refractivity contribution in [3.8, 4) is 0 Å². The van der Waals surface area contributed by atoms with E-state index < -0.39 is 32.4 Å². The van der Waals surface area contributed by atoms with Crippen LogP contribution in [-0.2, 0) is 28.6 Å². The molecule has 2 unspecified atom stereocenters. The van der Waals surface area contributed by atoms with Gasteiger partial charge in [0.05, 0.1) is 9.79 Å². The van der Waals surface area contributed by atoms with Gasteiger partial charge in [-0.25, -0.2) is 0 Å². The van der Waals surface area contributed by atoms with Crippen molar-refractivity contribution in [1.29, 1.82) is 0 Å². The molecule has 0 spiro atoms. The van der Waals surface area contributed by atoms with Gasteiger partial charge in [-0.05, 0) is 51.5 Å². The second-order valence-electron chi connectivity index (χ2n) is 7.47. The third-order valence-corrected chi connectivity index (χ3v) is 7.52. The van der Waals surface area contributed by atoms with Gasteiger partial charge in [-0.15, -0.1) is 0 Å². The number of hydrogen-bond acceptors (Lipinski definition) is 6. The first-order chi connectivity index (χ1) is 14.0. The zero-order valence-corrected chi connectivity index (χ0v) is 19.5. The van der Waals surface area contributed by atoms with Crippen molar-refractivity contribution in [2.45, 2.75) is 75.4 Å². The monoisotopic (exact) mass is 454 g/mol. The van der Waals surface area contributed by atoms with Gasteiger partial charge in [0.1, 0.15) is 12.2 Å².